The molecule has 4 aromatic rings. The second-order valence-electron chi connectivity index (χ2n) is 6.40. The third-order valence-corrected chi connectivity index (χ3v) is 4.48. The molecule has 0 fully saturated rings. The summed E-state index contributed by atoms with van der Waals surface area (Å²) >= 11 is 0. The fourth-order valence-corrected chi connectivity index (χ4v) is 2.99. The number of nitrogens with one attached hydrogen (secondary N) is 1. The standard InChI is InChI=1S/C21H19N5O3/c1-4-17-25-20(29-26-17)15-11-22-19-14(10-9-12(2)23-19)18(15)24-16-8-6-5-7-13(16)21(27)28-3/h5-11H,4H2,1-3H3,(H,22,23,24). The van der Waals surface area contributed by atoms with Crippen molar-refractivity contribution in [2.75, 3.05) is 12.4 Å². The van der Waals surface area contributed by atoms with E-state index in [1.807, 2.05) is 32.0 Å². The van der Waals surface area contributed by atoms with Gasteiger partial charge in [-0.3, -0.25) is 0 Å². The molecule has 0 amide bonds. The van der Waals surface area contributed by atoms with Crippen molar-refractivity contribution in [1.82, 2.24) is 20.1 Å². The SMILES string of the molecule is CCc1noc(-c2cnc3nc(C)ccc3c2Nc2ccccc2C(=O)OC)n1. The molecular formula is C21H19N5O3. The largest absolute Gasteiger partial charge is 0.465 e. The van der Waals surface area contributed by atoms with Gasteiger partial charge in [0.2, 0.25) is 0 Å². The van der Waals surface area contributed by atoms with Crippen molar-refractivity contribution in [1.29, 1.82) is 0 Å². The van der Waals surface area contributed by atoms with Crippen molar-refractivity contribution in [3.63, 3.8) is 0 Å². The minimum Gasteiger partial charge on any atom is -0.465 e. The highest BCUT2D eigenvalue weighted by atomic mass is 16.5. The topological polar surface area (TPSA) is 103 Å². The Morgan fingerprint density at radius 1 is 1.17 bits per heavy atom. The van der Waals surface area contributed by atoms with E-state index in [1.165, 1.54) is 7.11 Å². The summed E-state index contributed by atoms with van der Waals surface area (Å²) in [5, 5.41) is 8.08. The average Bonchev–Trinajstić information content (AvgIpc) is 3.22. The molecule has 146 valence electrons. The van der Waals surface area contributed by atoms with Crippen LogP contribution in [0.4, 0.5) is 11.4 Å². The number of methoxy groups -OCH3 is 1. The number of hydrogen-bond acceptors (Lipinski definition) is 8. The number of carbonyl (C=O) groups is 1. The molecule has 0 saturated heterocycles. The van der Waals surface area contributed by atoms with Crippen molar-refractivity contribution >= 4 is 28.4 Å². The first-order valence-corrected chi connectivity index (χ1v) is 9.14. The number of benzene rings is 1. The number of aromatic nitrogens is 4. The minimum absolute atomic E-state index is 0.342. The van der Waals surface area contributed by atoms with Crippen LogP contribution < -0.4 is 5.32 Å². The molecule has 1 N–H and O–H groups in total. The lowest BCUT2D eigenvalue weighted by molar-refractivity contribution is 0.0602. The highest BCUT2D eigenvalue weighted by Crippen LogP contribution is 2.35. The van der Waals surface area contributed by atoms with Gasteiger partial charge in [0.25, 0.3) is 5.89 Å². The van der Waals surface area contributed by atoms with E-state index in [9.17, 15) is 4.79 Å². The van der Waals surface area contributed by atoms with Gasteiger partial charge in [0.05, 0.1) is 29.6 Å². The Balaban J connectivity index is 1.92. The van der Waals surface area contributed by atoms with Crippen molar-refractivity contribution in [2.45, 2.75) is 20.3 Å². The maximum Gasteiger partial charge on any atom is 0.339 e. The number of fused-ring (bicyclic) bond motifs is 1. The van der Waals surface area contributed by atoms with Crippen LogP contribution in [0.1, 0.15) is 28.8 Å². The molecule has 8 heteroatoms. The van der Waals surface area contributed by atoms with Gasteiger partial charge in [0, 0.05) is 23.7 Å². The molecule has 0 saturated carbocycles. The molecular weight excluding hydrogens is 370 g/mol. The van der Waals surface area contributed by atoms with Crippen LogP contribution in [0.3, 0.4) is 0 Å². The van der Waals surface area contributed by atoms with Crippen LogP contribution in [0.25, 0.3) is 22.5 Å². The molecule has 0 aliphatic rings. The summed E-state index contributed by atoms with van der Waals surface area (Å²) in [6, 6.07) is 10.9. The predicted molar refractivity (Wildman–Crippen MR) is 108 cm³/mol. The first-order chi connectivity index (χ1) is 14.1. The minimum atomic E-state index is -0.437. The smallest absolute Gasteiger partial charge is 0.339 e. The number of ether oxygens (including phenoxy) is 1. The third-order valence-electron chi connectivity index (χ3n) is 4.48. The van der Waals surface area contributed by atoms with Gasteiger partial charge >= 0.3 is 5.97 Å². The molecule has 29 heavy (non-hydrogen) atoms. The molecule has 3 aromatic heterocycles. The number of nitrogens with zero attached hydrogens (tertiary/aromatic N) is 4. The van der Waals surface area contributed by atoms with E-state index in [1.54, 1.807) is 24.4 Å². The number of aryl methyl sites for hydroxylation is 2. The van der Waals surface area contributed by atoms with Crippen LogP contribution in [0.2, 0.25) is 0 Å². The summed E-state index contributed by atoms with van der Waals surface area (Å²) in [7, 11) is 1.35. The van der Waals surface area contributed by atoms with Gasteiger partial charge in [-0.15, -0.1) is 0 Å². The lowest BCUT2D eigenvalue weighted by atomic mass is 10.1. The number of esters is 1. The van der Waals surface area contributed by atoms with Gasteiger partial charge in [-0.1, -0.05) is 24.2 Å². The van der Waals surface area contributed by atoms with Gasteiger partial charge in [-0.05, 0) is 31.2 Å². The lowest BCUT2D eigenvalue weighted by Crippen LogP contribution is -2.06. The maximum atomic E-state index is 12.2. The van der Waals surface area contributed by atoms with Crippen molar-refractivity contribution in [3.05, 3.63) is 59.7 Å². The van der Waals surface area contributed by atoms with E-state index >= 15 is 0 Å². The highest BCUT2D eigenvalue weighted by Gasteiger charge is 2.19. The molecule has 0 radical (unpaired) electrons. The zero-order valence-corrected chi connectivity index (χ0v) is 16.3. The average molecular weight is 389 g/mol. The van der Waals surface area contributed by atoms with E-state index in [0.717, 1.165) is 11.1 Å². The summed E-state index contributed by atoms with van der Waals surface area (Å²) in [6.07, 6.45) is 2.30. The quantitative estimate of drug-likeness (QED) is 0.509. The van der Waals surface area contributed by atoms with E-state index < -0.39 is 5.97 Å². The number of carbonyl (C=O) groups excluding carboxylic acids is 1. The monoisotopic (exact) mass is 389 g/mol. The Kier molecular flexibility index (Phi) is 4.90. The van der Waals surface area contributed by atoms with Crippen molar-refractivity contribution in [2.24, 2.45) is 0 Å². The molecule has 0 unspecified atom stereocenters. The molecule has 4 rings (SSSR count). The normalized spacial score (nSPS) is 10.9. The van der Waals surface area contributed by atoms with Gasteiger partial charge < -0.3 is 14.6 Å². The lowest BCUT2D eigenvalue weighted by Gasteiger charge is -2.15. The van der Waals surface area contributed by atoms with Crippen LogP contribution >= 0.6 is 0 Å². The molecule has 8 nitrogen and oxygen atoms in total. The van der Waals surface area contributed by atoms with Crippen LogP contribution in [0.15, 0.2) is 47.1 Å². The highest BCUT2D eigenvalue weighted by molar-refractivity contribution is 6.02. The molecule has 0 spiro atoms. The van der Waals surface area contributed by atoms with Gasteiger partial charge in [0.1, 0.15) is 0 Å². The fourth-order valence-electron chi connectivity index (χ4n) is 2.99. The Labute approximate surface area is 167 Å². The second-order valence-corrected chi connectivity index (χ2v) is 6.40. The predicted octanol–water partition coefficient (Wildman–Crippen LogP) is 4.08. The van der Waals surface area contributed by atoms with E-state index in [-0.39, 0.29) is 0 Å². The number of para-hydroxylation sites is 1. The summed E-state index contributed by atoms with van der Waals surface area (Å²) in [4.78, 5) is 25.6. The van der Waals surface area contributed by atoms with Gasteiger partial charge in [-0.2, -0.15) is 4.98 Å². The Bertz CT molecular complexity index is 1200. The Morgan fingerprint density at radius 2 is 2.00 bits per heavy atom. The maximum absolute atomic E-state index is 12.2. The molecule has 0 aliphatic carbocycles. The van der Waals surface area contributed by atoms with Gasteiger partial charge in [-0.25, -0.2) is 14.8 Å². The first-order valence-electron chi connectivity index (χ1n) is 9.14. The summed E-state index contributed by atoms with van der Waals surface area (Å²) in [5.74, 6) is 0.506. The second kappa shape index (κ2) is 7.67. The number of anilines is 2. The van der Waals surface area contributed by atoms with Crippen molar-refractivity contribution in [3.8, 4) is 11.5 Å². The zero-order chi connectivity index (χ0) is 20.4. The zero-order valence-electron chi connectivity index (χ0n) is 16.3. The number of pyridine rings is 2. The first kappa shape index (κ1) is 18.5. The van der Waals surface area contributed by atoms with Crippen LogP contribution in [0.5, 0.6) is 0 Å². The van der Waals surface area contributed by atoms with Crippen LogP contribution in [0, 0.1) is 6.92 Å². The molecule has 1 aromatic carbocycles. The third kappa shape index (κ3) is 3.52. The Morgan fingerprint density at radius 3 is 2.76 bits per heavy atom. The Hall–Kier alpha value is -3.81. The van der Waals surface area contributed by atoms with Gasteiger partial charge in [0.15, 0.2) is 11.5 Å². The summed E-state index contributed by atoms with van der Waals surface area (Å²) in [5.41, 5.74) is 3.71. The molecule has 3 heterocycles. The van der Waals surface area contributed by atoms with Crippen LogP contribution in [-0.2, 0) is 11.2 Å². The van der Waals surface area contributed by atoms with Crippen molar-refractivity contribution < 1.29 is 14.1 Å². The number of hydrogen-bond donors (Lipinski definition) is 1. The molecule has 0 aliphatic heterocycles. The van der Waals surface area contributed by atoms with E-state index in [0.29, 0.717) is 46.3 Å². The molecule has 0 atom stereocenters. The summed E-state index contributed by atoms with van der Waals surface area (Å²) < 4.78 is 10.3. The molecule has 0 bridgehead atoms. The van der Waals surface area contributed by atoms with E-state index in [2.05, 4.69) is 25.4 Å². The summed E-state index contributed by atoms with van der Waals surface area (Å²) in [6.45, 7) is 3.85. The van der Waals surface area contributed by atoms with E-state index in [4.69, 9.17) is 9.26 Å². The fraction of sp³-hybridized carbons (Fsp3) is 0.190. The van der Waals surface area contributed by atoms with Crippen LogP contribution in [-0.4, -0.2) is 33.2 Å². The number of rotatable bonds is 5.